The molecule has 0 aliphatic rings. The Morgan fingerprint density at radius 3 is 2.55 bits per heavy atom. The number of hydrogen-bond donors (Lipinski definition) is 1. The van der Waals surface area contributed by atoms with Gasteiger partial charge >= 0.3 is 0 Å². The smallest absolute Gasteiger partial charge is 0.124 e. The van der Waals surface area contributed by atoms with Gasteiger partial charge in [0.15, 0.2) is 0 Å². The number of benzene rings is 2. The van der Waals surface area contributed by atoms with Crippen molar-refractivity contribution in [3.8, 4) is 0 Å². The fourth-order valence-corrected chi connectivity index (χ4v) is 3.42. The van der Waals surface area contributed by atoms with Crippen LogP contribution in [0.25, 0.3) is 10.1 Å². The van der Waals surface area contributed by atoms with Crippen LogP contribution in [0, 0.1) is 5.82 Å². The Balaban J connectivity index is 2.02. The Morgan fingerprint density at radius 2 is 1.80 bits per heavy atom. The van der Waals surface area contributed by atoms with Gasteiger partial charge in [-0.1, -0.05) is 35.3 Å². The molecule has 1 aromatic heterocycles. The van der Waals surface area contributed by atoms with E-state index in [1.165, 1.54) is 23.5 Å². The quantitative estimate of drug-likeness (QED) is 0.665. The van der Waals surface area contributed by atoms with E-state index in [1.54, 1.807) is 24.3 Å². The van der Waals surface area contributed by atoms with Crippen molar-refractivity contribution in [3.05, 3.63) is 68.8 Å². The fraction of sp³-hybridized carbons (Fsp3) is 0.0667. The molecule has 2 aromatic carbocycles. The molecule has 1 unspecified atom stereocenters. The van der Waals surface area contributed by atoms with Gasteiger partial charge in [0.25, 0.3) is 0 Å². The van der Waals surface area contributed by atoms with Crippen molar-refractivity contribution in [2.24, 2.45) is 0 Å². The molecule has 0 bridgehead atoms. The molecule has 1 heterocycles. The molecule has 0 saturated carbocycles. The third-order valence-corrected chi connectivity index (χ3v) is 4.92. The average Bonchev–Trinajstić information content (AvgIpc) is 2.84. The zero-order valence-electron chi connectivity index (χ0n) is 10.1. The van der Waals surface area contributed by atoms with Gasteiger partial charge < -0.3 is 5.11 Å². The molecule has 20 heavy (non-hydrogen) atoms. The second-order valence-electron chi connectivity index (χ2n) is 4.41. The molecule has 0 amide bonds. The van der Waals surface area contributed by atoms with E-state index in [9.17, 15) is 9.50 Å². The highest BCUT2D eigenvalue weighted by Gasteiger charge is 2.15. The normalized spacial score (nSPS) is 12.8. The molecular weight excluding hydrogens is 318 g/mol. The van der Waals surface area contributed by atoms with E-state index >= 15 is 0 Å². The van der Waals surface area contributed by atoms with Crippen LogP contribution >= 0.6 is 34.5 Å². The van der Waals surface area contributed by atoms with E-state index in [-0.39, 0.29) is 5.82 Å². The topological polar surface area (TPSA) is 20.2 Å². The number of fused-ring (bicyclic) bond motifs is 1. The number of thiophene rings is 1. The molecular formula is C15H9Cl2FOS. The third-order valence-electron chi connectivity index (χ3n) is 3.03. The van der Waals surface area contributed by atoms with Gasteiger partial charge in [-0.3, -0.25) is 0 Å². The molecule has 3 rings (SSSR count). The second-order valence-corrected chi connectivity index (χ2v) is 6.34. The summed E-state index contributed by atoms with van der Waals surface area (Å²) in [7, 11) is 0. The van der Waals surface area contributed by atoms with E-state index < -0.39 is 6.10 Å². The highest BCUT2D eigenvalue weighted by atomic mass is 35.5. The summed E-state index contributed by atoms with van der Waals surface area (Å²) >= 11 is 13.2. The minimum Gasteiger partial charge on any atom is -0.383 e. The highest BCUT2D eigenvalue weighted by Crippen LogP contribution is 2.35. The average molecular weight is 327 g/mol. The van der Waals surface area contributed by atoms with Crippen molar-refractivity contribution in [1.29, 1.82) is 0 Å². The van der Waals surface area contributed by atoms with Gasteiger partial charge in [-0.15, -0.1) is 11.3 Å². The zero-order valence-corrected chi connectivity index (χ0v) is 12.4. The van der Waals surface area contributed by atoms with Gasteiger partial charge in [0.2, 0.25) is 0 Å². The SMILES string of the molecule is OC(c1ccc(Cl)c(Cl)c1)c1cc2ccc(F)cc2s1. The van der Waals surface area contributed by atoms with E-state index in [1.807, 2.05) is 6.07 Å². The van der Waals surface area contributed by atoms with Gasteiger partial charge in [-0.05, 0) is 41.3 Å². The monoisotopic (exact) mass is 326 g/mol. The van der Waals surface area contributed by atoms with Crippen molar-refractivity contribution in [1.82, 2.24) is 0 Å². The highest BCUT2D eigenvalue weighted by molar-refractivity contribution is 7.19. The minimum absolute atomic E-state index is 0.282. The van der Waals surface area contributed by atoms with E-state index in [2.05, 4.69) is 0 Å². The van der Waals surface area contributed by atoms with Gasteiger partial charge in [0, 0.05) is 9.58 Å². The largest absolute Gasteiger partial charge is 0.383 e. The maximum absolute atomic E-state index is 13.2. The van der Waals surface area contributed by atoms with E-state index in [4.69, 9.17) is 23.2 Å². The van der Waals surface area contributed by atoms with Gasteiger partial charge in [-0.25, -0.2) is 4.39 Å². The van der Waals surface area contributed by atoms with Crippen molar-refractivity contribution in [2.45, 2.75) is 6.10 Å². The molecule has 1 N–H and O–H groups in total. The maximum atomic E-state index is 13.2. The van der Waals surface area contributed by atoms with Crippen molar-refractivity contribution in [2.75, 3.05) is 0 Å². The van der Waals surface area contributed by atoms with Gasteiger partial charge in [-0.2, -0.15) is 0 Å². The molecule has 0 radical (unpaired) electrons. The zero-order chi connectivity index (χ0) is 14.3. The molecule has 102 valence electrons. The number of aliphatic hydroxyl groups is 1. The molecule has 0 spiro atoms. The molecule has 0 saturated heterocycles. The van der Waals surface area contributed by atoms with Crippen molar-refractivity contribution >= 4 is 44.6 Å². The van der Waals surface area contributed by atoms with Crippen LogP contribution in [-0.4, -0.2) is 5.11 Å². The summed E-state index contributed by atoms with van der Waals surface area (Å²) in [4.78, 5) is 0.740. The Morgan fingerprint density at radius 1 is 1.00 bits per heavy atom. The Hall–Kier alpha value is -1.13. The molecule has 1 atom stereocenters. The first kappa shape index (κ1) is 13.8. The van der Waals surface area contributed by atoms with Crippen LogP contribution in [0.5, 0.6) is 0 Å². The van der Waals surface area contributed by atoms with E-state index in [0.29, 0.717) is 15.6 Å². The standard InChI is InChI=1S/C15H9Cl2FOS/c16-11-4-2-9(5-12(11)17)15(19)14-6-8-1-3-10(18)7-13(8)20-14/h1-7,15,19H. The third kappa shape index (κ3) is 2.54. The summed E-state index contributed by atoms with van der Waals surface area (Å²) in [5.41, 5.74) is 0.659. The molecule has 1 nitrogen and oxygen atoms in total. The van der Waals surface area contributed by atoms with Crippen LogP contribution in [-0.2, 0) is 0 Å². The van der Waals surface area contributed by atoms with Gasteiger partial charge in [0.05, 0.1) is 10.0 Å². The Labute approximate surface area is 129 Å². The van der Waals surface area contributed by atoms with Gasteiger partial charge in [0.1, 0.15) is 11.9 Å². The lowest BCUT2D eigenvalue weighted by atomic mass is 10.1. The van der Waals surface area contributed by atoms with Crippen LogP contribution in [0.15, 0.2) is 42.5 Å². The van der Waals surface area contributed by atoms with Crippen LogP contribution < -0.4 is 0 Å². The number of rotatable bonds is 2. The fourth-order valence-electron chi connectivity index (χ4n) is 2.01. The summed E-state index contributed by atoms with van der Waals surface area (Å²) in [6, 6.07) is 11.4. The lowest BCUT2D eigenvalue weighted by Crippen LogP contribution is -1.96. The Bertz CT molecular complexity index is 785. The minimum atomic E-state index is -0.801. The summed E-state index contributed by atoms with van der Waals surface area (Å²) < 4.78 is 14.0. The predicted octanol–water partition coefficient (Wildman–Crippen LogP) is 5.43. The van der Waals surface area contributed by atoms with Crippen molar-refractivity contribution in [3.63, 3.8) is 0 Å². The number of hydrogen-bond acceptors (Lipinski definition) is 2. The van der Waals surface area contributed by atoms with E-state index in [0.717, 1.165) is 15.0 Å². The first-order valence-corrected chi connectivity index (χ1v) is 7.44. The number of aliphatic hydroxyl groups excluding tert-OH is 1. The van der Waals surface area contributed by atoms with Crippen LogP contribution in [0.3, 0.4) is 0 Å². The van der Waals surface area contributed by atoms with Crippen molar-refractivity contribution < 1.29 is 9.50 Å². The lowest BCUT2D eigenvalue weighted by molar-refractivity contribution is 0.224. The molecule has 3 aromatic rings. The molecule has 0 aliphatic heterocycles. The first-order chi connectivity index (χ1) is 9.54. The molecule has 0 aliphatic carbocycles. The first-order valence-electron chi connectivity index (χ1n) is 5.86. The van der Waals surface area contributed by atoms with Crippen LogP contribution in [0.2, 0.25) is 10.0 Å². The number of halogens is 3. The van der Waals surface area contributed by atoms with Crippen LogP contribution in [0.1, 0.15) is 16.5 Å². The molecule has 0 fully saturated rings. The molecule has 5 heteroatoms. The Kier molecular flexibility index (Phi) is 3.69. The summed E-state index contributed by atoms with van der Waals surface area (Å²) in [5, 5.41) is 12.1. The van der Waals surface area contributed by atoms with Crippen LogP contribution in [0.4, 0.5) is 4.39 Å². The maximum Gasteiger partial charge on any atom is 0.124 e. The predicted molar refractivity (Wildman–Crippen MR) is 82.3 cm³/mol. The summed E-state index contributed by atoms with van der Waals surface area (Å²) in [5.74, 6) is -0.282. The summed E-state index contributed by atoms with van der Waals surface area (Å²) in [6.07, 6.45) is -0.801. The second kappa shape index (κ2) is 5.34. The summed E-state index contributed by atoms with van der Waals surface area (Å²) in [6.45, 7) is 0. The lowest BCUT2D eigenvalue weighted by Gasteiger charge is -2.09.